The highest BCUT2D eigenvalue weighted by atomic mass is 16.5. The number of nitriles is 1. The van der Waals surface area contributed by atoms with Crippen molar-refractivity contribution in [2.75, 3.05) is 18.6 Å². The standard InChI is InChI=1S/C12H11N5O2/c1-18-9-4-7(6-13)2-3-8(9)19-11-5-10(14)16-12(15)17-11/h2-5H,1H3,(H4,14,15,16,17). The van der Waals surface area contributed by atoms with Crippen molar-refractivity contribution in [3.05, 3.63) is 29.8 Å². The Morgan fingerprint density at radius 1 is 1.16 bits per heavy atom. The fourth-order valence-corrected chi connectivity index (χ4v) is 1.45. The third-order valence-corrected chi connectivity index (χ3v) is 2.25. The van der Waals surface area contributed by atoms with Gasteiger partial charge in [0.25, 0.3) is 0 Å². The van der Waals surface area contributed by atoms with Crippen LogP contribution >= 0.6 is 0 Å². The molecule has 7 heteroatoms. The van der Waals surface area contributed by atoms with Crippen LogP contribution in [0.25, 0.3) is 0 Å². The van der Waals surface area contributed by atoms with E-state index in [9.17, 15) is 0 Å². The zero-order valence-electron chi connectivity index (χ0n) is 10.1. The number of nitrogen functional groups attached to an aromatic ring is 2. The first-order chi connectivity index (χ1) is 9.12. The van der Waals surface area contributed by atoms with Gasteiger partial charge in [0.15, 0.2) is 11.5 Å². The highest BCUT2D eigenvalue weighted by Crippen LogP contribution is 2.31. The van der Waals surface area contributed by atoms with Gasteiger partial charge in [-0.15, -0.1) is 0 Å². The molecule has 0 saturated heterocycles. The molecule has 0 aliphatic rings. The molecular weight excluding hydrogens is 246 g/mol. The van der Waals surface area contributed by atoms with Crippen LogP contribution in [0.1, 0.15) is 5.56 Å². The average molecular weight is 257 g/mol. The molecule has 1 aromatic carbocycles. The number of hydrogen-bond acceptors (Lipinski definition) is 7. The lowest BCUT2D eigenvalue weighted by atomic mass is 10.2. The summed E-state index contributed by atoms with van der Waals surface area (Å²) >= 11 is 0. The number of aromatic nitrogens is 2. The molecule has 0 aliphatic carbocycles. The predicted molar refractivity (Wildman–Crippen MR) is 68.6 cm³/mol. The summed E-state index contributed by atoms with van der Waals surface area (Å²) in [4.78, 5) is 7.63. The van der Waals surface area contributed by atoms with Gasteiger partial charge < -0.3 is 20.9 Å². The average Bonchev–Trinajstić information content (AvgIpc) is 2.38. The number of hydrogen-bond donors (Lipinski definition) is 2. The fraction of sp³-hybridized carbons (Fsp3) is 0.0833. The number of methoxy groups -OCH3 is 1. The summed E-state index contributed by atoms with van der Waals surface area (Å²) in [5, 5.41) is 8.81. The van der Waals surface area contributed by atoms with Crippen molar-refractivity contribution in [3.8, 4) is 23.4 Å². The number of nitrogens with two attached hydrogens (primary N) is 2. The Balaban J connectivity index is 2.35. The number of rotatable bonds is 3. The van der Waals surface area contributed by atoms with E-state index in [1.807, 2.05) is 6.07 Å². The van der Waals surface area contributed by atoms with E-state index < -0.39 is 0 Å². The number of anilines is 2. The van der Waals surface area contributed by atoms with Gasteiger partial charge in [0.1, 0.15) is 5.82 Å². The van der Waals surface area contributed by atoms with Gasteiger partial charge >= 0.3 is 0 Å². The smallest absolute Gasteiger partial charge is 0.226 e. The first-order valence-corrected chi connectivity index (χ1v) is 5.28. The Morgan fingerprint density at radius 2 is 1.95 bits per heavy atom. The monoisotopic (exact) mass is 257 g/mol. The minimum atomic E-state index is 0.0163. The maximum absolute atomic E-state index is 8.81. The van der Waals surface area contributed by atoms with Gasteiger partial charge in [-0.05, 0) is 12.1 Å². The van der Waals surface area contributed by atoms with E-state index in [0.717, 1.165) is 0 Å². The molecule has 19 heavy (non-hydrogen) atoms. The molecule has 0 unspecified atom stereocenters. The molecule has 0 amide bonds. The van der Waals surface area contributed by atoms with Crippen LogP contribution in [0, 0.1) is 11.3 Å². The van der Waals surface area contributed by atoms with E-state index in [-0.39, 0.29) is 17.6 Å². The van der Waals surface area contributed by atoms with Crippen LogP contribution in [-0.2, 0) is 0 Å². The van der Waals surface area contributed by atoms with E-state index in [0.29, 0.717) is 17.1 Å². The number of benzene rings is 1. The van der Waals surface area contributed by atoms with E-state index in [1.54, 1.807) is 18.2 Å². The van der Waals surface area contributed by atoms with Crippen LogP contribution in [-0.4, -0.2) is 17.1 Å². The quantitative estimate of drug-likeness (QED) is 0.850. The Bertz CT molecular complexity index is 631. The van der Waals surface area contributed by atoms with Crippen molar-refractivity contribution < 1.29 is 9.47 Å². The van der Waals surface area contributed by atoms with Crippen LogP contribution in [0.5, 0.6) is 17.4 Å². The summed E-state index contributed by atoms with van der Waals surface area (Å²) in [6.45, 7) is 0. The molecule has 2 rings (SSSR count). The summed E-state index contributed by atoms with van der Waals surface area (Å²) in [5.41, 5.74) is 11.5. The molecular formula is C12H11N5O2. The third kappa shape index (κ3) is 2.81. The lowest BCUT2D eigenvalue weighted by molar-refractivity contribution is 0.374. The van der Waals surface area contributed by atoms with Crippen molar-refractivity contribution in [1.82, 2.24) is 9.97 Å². The molecule has 2 aromatic rings. The zero-order valence-corrected chi connectivity index (χ0v) is 10.1. The molecule has 7 nitrogen and oxygen atoms in total. The summed E-state index contributed by atoms with van der Waals surface area (Å²) in [6, 6.07) is 8.21. The summed E-state index contributed by atoms with van der Waals surface area (Å²) in [6.07, 6.45) is 0. The molecule has 0 atom stereocenters. The Labute approximate surface area is 109 Å². The van der Waals surface area contributed by atoms with Crippen LogP contribution in [0.15, 0.2) is 24.3 Å². The van der Waals surface area contributed by atoms with Gasteiger partial charge in [0, 0.05) is 12.1 Å². The van der Waals surface area contributed by atoms with E-state index in [4.69, 9.17) is 26.2 Å². The van der Waals surface area contributed by atoms with Crippen LogP contribution < -0.4 is 20.9 Å². The van der Waals surface area contributed by atoms with Crippen LogP contribution in [0.4, 0.5) is 11.8 Å². The molecule has 4 N–H and O–H groups in total. The highest BCUT2D eigenvalue weighted by molar-refractivity contribution is 5.49. The van der Waals surface area contributed by atoms with Crippen LogP contribution in [0.2, 0.25) is 0 Å². The molecule has 0 spiro atoms. The molecule has 1 heterocycles. The van der Waals surface area contributed by atoms with Crippen molar-refractivity contribution >= 4 is 11.8 Å². The second kappa shape index (κ2) is 5.10. The maximum atomic E-state index is 8.81. The Kier molecular flexibility index (Phi) is 3.34. The summed E-state index contributed by atoms with van der Waals surface area (Å²) < 4.78 is 10.7. The lowest BCUT2D eigenvalue weighted by Gasteiger charge is -2.10. The third-order valence-electron chi connectivity index (χ3n) is 2.25. The Morgan fingerprint density at radius 3 is 2.58 bits per heavy atom. The van der Waals surface area contributed by atoms with Gasteiger partial charge in [-0.1, -0.05) is 0 Å². The molecule has 0 bridgehead atoms. The predicted octanol–water partition coefficient (Wildman–Crippen LogP) is 1.31. The van der Waals surface area contributed by atoms with Crippen molar-refractivity contribution in [2.24, 2.45) is 0 Å². The summed E-state index contributed by atoms with van der Waals surface area (Å²) in [5.74, 6) is 1.24. The van der Waals surface area contributed by atoms with Gasteiger partial charge in [-0.25, -0.2) is 0 Å². The molecule has 0 aliphatic heterocycles. The maximum Gasteiger partial charge on any atom is 0.226 e. The minimum absolute atomic E-state index is 0.0163. The van der Waals surface area contributed by atoms with E-state index >= 15 is 0 Å². The van der Waals surface area contributed by atoms with Gasteiger partial charge in [-0.2, -0.15) is 15.2 Å². The largest absolute Gasteiger partial charge is 0.493 e. The van der Waals surface area contributed by atoms with Crippen LogP contribution in [0.3, 0.4) is 0 Å². The molecule has 0 radical (unpaired) electrons. The summed E-state index contributed by atoms with van der Waals surface area (Å²) in [7, 11) is 1.48. The first kappa shape index (κ1) is 12.4. The zero-order chi connectivity index (χ0) is 13.8. The molecule has 1 aromatic heterocycles. The number of ether oxygens (including phenoxy) is 2. The molecule has 0 saturated carbocycles. The second-order valence-electron chi connectivity index (χ2n) is 3.57. The van der Waals surface area contributed by atoms with E-state index in [2.05, 4.69) is 9.97 Å². The fourth-order valence-electron chi connectivity index (χ4n) is 1.45. The van der Waals surface area contributed by atoms with Gasteiger partial charge in [0.2, 0.25) is 11.8 Å². The van der Waals surface area contributed by atoms with Crippen molar-refractivity contribution in [1.29, 1.82) is 5.26 Å². The molecule has 0 fully saturated rings. The highest BCUT2D eigenvalue weighted by Gasteiger charge is 2.09. The van der Waals surface area contributed by atoms with E-state index in [1.165, 1.54) is 13.2 Å². The van der Waals surface area contributed by atoms with Gasteiger partial charge in [0.05, 0.1) is 18.7 Å². The topological polar surface area (TPSA) is 120 Å². The minimum Gasteiger partial charge on any atom is -0.493 e. The SMILES string of the molecule is COc1cc(C#N)ccc1Oc1cc(N)nc(N)n1. The van der Waals surface area contributed by atoms with Gasteiger partial charge in [-0.3, -0.25) is 0 Å². The van der Waals surface area contributed by atoms with Crippen molar-refractivity contribution in [3.63, 3.8) is 0 Å². The second-order valence-corrected chi connectivity index (χ2v) is 3.57. The molecule has 96 valence electrons. The van der Waals surface area contributed by atoms with Crippen molar-refractivity contribution in [2.45, 2.75) is 0 Å². The number of nitrogens with zero attached hydrogens (tertiary/aromatic N) is 3. The lowest BCUT2D eigenvalue weighted by Crippen LogP contribution is -2.01. The first-order valence-electron chi connectivity index (χ1n) is 5.28. The Hall–Kier alpha value is -3.01. The normalized spacial score (nSPS) is 9.68.